The number of aromatic nitrogens is 2. The number of rotatable bonds is 6. The molecule has 0 aliphatic carbocycles. The Morgan fingerprint density at radius 1 is 1.27 bits per heavy atom. The van der Waals surface area contributed by atoms with E-state index in [2.05, 4.69) is 9.97 Å². The molecule has 3 rings (SSSR count). The summed E-state index contributed by atoms with van der Waals surface area (Å²) in [6.07, 6.45) is 4.82. The standard InChI is InChI=1S/C24H33N5O3S/c1-24(2,3)32-23(31)28(5)12-8-10-17-9-7-11-18(15-17)29-14-13-27(4)20-19(21(29)30)16-25-22(26-20)33-6/h7,9,11,15-16H,8,10,12-14H2,1-6H3. The van der Waals surface area contributed by atoms with E-state index < -0.39 is 5.60 Å². The summed E-state index contributed by atoms with van der Waals surface area (Å²) < 4.78 is 5.40. The number of fused-ring (bicyclic) bond motifs is 1. The number of hydrogen-bond donors (Lipinski definition) is 0. The van der Waals surface area contributed by atoms with Crippen molar-refractivity contribution in [2.24, 2.45) is 0 Å². The van der Waals surface area contributed by atoms with E-state index in [4.69, 9.17) is 4.74 Å². The van der Waals surface area contributed by atoms with Gasteiger partial charge in [-0.25, -0.2) is 14.8 Å². The van der Waals surface area contributed by atoms with Gasteiger partial charge >= 0.3 is 6.09 Å². The predicted octanol–water partition coefficient (Wildman–Crippen LogP) is 4.09. The van der Waals surface area contributed by atoms with Gasteiger partial charge in [0.2, 0.25) is 0 Å². The number of carbonyl (C=O) groups is 2. The molecule has 2 amide bonds. The molecule has 1 aliphatic heterocycles. The Hall–Kier alpha value is -2.81. The highest BCUT2D eigenvalue weighted by atomic mass is 32.2. The number of amides is 2. The second kappa shape index (κ2) is 10.4. The number of anilines is 2. The van der Waals surface area contributed by atoms with E-state index in [1.807, 2.05) is 63.2 Å². The molecule has 2 heterocycles. The summed E-state index contributed by atoms with van der Waals surface area (Å²) >= 11 is 1.46. The molecule has 33 heavy (non-hydrogen) atoms. The van der Waals surface area contributed by atoms with Crippen molar-refractivity contribution < 1.29 is 14.3 Å². The van der Waals surface area contributed by atoms with Crippen LogP contribution in [0.5, 0.6) is 0 Å². The van der Waals surface area contributed by atoms with Gasteiger partial charge in [-0.2, -0.15) is 0 Å². The van der Waals surface area contributed by atoms with Crippen molar-refractivity contribution in [3.05, 3.63) is 41.6 Å². The van der Waals surface area contributed by atoms with Crippen molar-refractivity contribution in [3.63, 3.8) is 0 Å². The maximum atomic E-state index is 13.3. The minimum atomic E-state index is -0.506. The van der Waals surface area contributed by atoms with E-state index in [-0.39, 0.29) is 12.0 Å². The zero-order chi connectivity index (χ0) is 24.2. The minimum absolute atomic E-state index is 0.0937. The van der Waals surface area contributed by atoms with Crippen molar-refractivity contribution in [2.75, 3.05) is 49.8 Å². The molecule has 0 saturated heterocycles. The SMILES string of the molecule is CSc1ncc2c(n1)N(C)CCN(c1cccc(CCCN(C)C(=O)OC(C)(C)C)c1)C2=O. The van der Waals surface area contributed by atoms with Gasteiger partial charge in [0.05, 0.1) is 0 Å². The fourth-order valence-electron chi connectivity index (χ4n) is 3.58. The van der Waals surface area contributed by atoms with Crippen molar-refractivity contribution in [1.82, 2.24) is 14.9 Å². The Kier molecular flexibility index (Phi) is 7.84. The molecule has 1 aliphatic rings. The highest BCUT2D eigenvalue weighted by Crippen LogP contribution is 2.27. The average molecular weight is 472 g/mol. The van der Waals surface area contributed by atoms with Crippen molar-refractivity contribution in [2.45, 2.75) is 44.4 Å². The van der Waals surface area contributed by atoms with Crippen LogP contribution in [0.3, 0.4) is 0 Å². The molecule has 1 aromatic carbocycles. The van der Waals surface area contributed by atoms with Gasteiger partial charge in [0.25, 0.3) is 5.91 Å². The maximum Gasteiger partial charge on any atom is 0.410 e. The summed E-state index contributed by atoms with van der Waals surface area (Å²) in [6, 6.07) is 8.02. The topological polar surface area (TPSA) is 78.9 Å². The number of ether oxygens (including phenoxy) is 1. The lowest BCUT2D eigenvalue weighted by Gasteiger charge is -2.24. The minimum Gasteiger partial charge on any atom is -0.444 e. The van der Waals surface area contributed by atoms with Crippen LogP contribution >= 0.6 is 11.8 Å². The normalized spacial score (nSPS) is 14.1. The highest BCUT2D eigenvalue weighted by molar-refractivity contribution is 7.98. The highest BCUT2D eigenvalue weighted by Gasteiger charge is 2.28. The van der Waals surface area contributed by atoms with Crippen LogP contribution in [0.2, 0.25) is 0 Å². The van der Waals surface area contributed by atoms with Crippen LogP contribution in [-0.4, -0.2) is 72.5 Å². The molecule has 0 spiro atoms. The van der Waals surface area contributed by atoms with Crippen molar-refractivity contribution in [3.8, 4) is 0 Å². The van der Waals surface area contributed by atoms with Gasteiger partial charge < -0.3 is 19.4 Å². The Morgan fingerprint density at radius 2 is 2.03 bits per heavy atom. The number of nitrogens with zero attached hydrogens (tertiary/aromatic N) is 5. The van der Waals surface area contributed by atoms with Gasteiger partial charge in [-0.1, -0.05) is 23.9 Å². The van der Waals surface area contributed by atoms with Gasteiger partial charge in [-0.15, -0.1) is 0 Å². The molecule has 2 aromatic rings. The molecule has 0 unspecified atom stereocenters. The Morgan fingerprint density at radius 3 is 2.73 bits per heavy atom. The van der Waals surface area contributed by atoms with Crippen LogP contribution in [0.4, 0.5) is 16.3 Å². The lowest BCUT2D eigenvalue weighted by molar-refractivity contribution is 0.0297. The third-order valence-electron chi connectivity index (χ3n) is 5.31. The Bertz CT molecular complexity index is 1010. The summed E-state index contributed by atoms with van der Waals surface area (Å²) in [5, 5.41) is 0.653. The first-order valence-electron chi connectivity index (χ1n) is 11.1. The zero-order valence-corrected chi connectivity index (χ0v) is 21.1. The van der Waals surface area contributed by atoms with Gasteiger partial charge in [-0.3, -0.25) is 4.79 Å². The van der Waals surface area contributed by atoms with Crippen LogP contribution < -0.4 is 9.80 Å². The van der Waals surface area contributed by atoms with E-state index in [0.717, 1.165) is 24.1 Å². The average Bonchev–Trinajstić information content (AvgIpc) is 2.89. The lowest BCUT2D eigenvalue weighted by Crippen LogP contribution is -2.34. The number of carbonyl (C=O) groups excluding carboxylic acids is 2. The van der Waals surface area contributed by atoms with E-state index in [0.29, 0.717) is 36.2 Å². The third kappa shape index (κ3) is 6.37. The number of thioether (sulfide) groups is 1. The number of benzene rings is 1. The first-order chi connectivity index (χ1) is 15.6. The Labute approximate surface area is 200 Å². The fourth-order valence-corrected chi connectivity index (χ4v) is 3.91. The van der Waals surface area contributed by atoms with Gasteiger partial charge in [0.1, 0.15) is 17.0 Å². The monoisotopic (exact) mass is 471 g/mol. The van der Waals surface area contributed by atoms with Crippen LogP contribution in [0.25, 0.3) is 0 Å². The molecular weight excluding hydrogens is 438 g/mol. The first-order valence-corrected chi connectivity index (χ1v) is 12.3. The summed E-state index contributed by atoms with van der Waals surface area (Å²) in [5.41, 5.74) is 1.98. The number of likely N-dealkylation sites (N-methyl/N-ethyl adjacent to an activating group) is 1. The molecule has 1 aromatic heterocycles. The number of hydrogen-bond acceptors (Lipinski definition) is 7. The first kappa shape index (κ1) is 24.8. The van der Waals surface area contributed by atoms with Crippen molar-refractivity contribution >= 4 is 35.3 Å². The summed E-state index contributed by atoms with van der Waals surface area (Å²) in [7, 11) is 3.70. The van der Waals surface area contributed by atoms with Gasteiger partial charge in [0.15, 0.2) is 5.16 Å². The summed E-state index contributed by atoms with van der Waals surface area (Å²) in [5.74, 6) is 0.576. The van der Waals surface area contributed by atoms with E-state index in [9.17, 15) is 9.59 Å². The van der Waals surface area contributed by atoms with Crippen LogP contribution in [0.15, 0.2) is 35.6 Å². The van der Waals surface area contributed by atoms with Crippen LogP contribution in [0, 0.1) is 0 Å². The lowest BCUT2D eigenvalue weighted by atomic mass is 10.1. The van der Waals surface area contributed by atoms with Crippen LogP contribution in [-0.2, 0) is 11.2 Å². The molecule has 0 atom stereocenters. The maximum absolute atomic E-state index is 13.3. The fraction of sp³-hybridized carbons (Fsp3) is 0.500. The second-order valence-electron chi connectivity index (χ2n) is 9.15. The molecular formula is C24H33N5O3S. The largest absolute Gasteiger partial charge is 0.444 e. The molecule has 0 radical (unpaired) electrons. The molecule has 0 fully saturated rings. The zero-order valence-electron chi connectivity index (χ0n) is 20.3. The van der Waals surface area contributed by atoms with E-state index in [1.165, 1.54) is 11.8 Å². The quantitative estimate of drug-likeness (QED) is 0.464. The molecule has 0 saturated carbocycles. The summed E-state index contributed by atoms with van der Waals surface area (Å²) in [6.45, 7) is 7.41. The molecule has 9 heteroatoms. The molecule has 178 valence electrons. The predicted molar refractivity (Wildman–Crippen MR) is 132 cm³/mol. The van der Waals surface area contributed by atoms with Gasteiger partial charge in [0, 0.05) is 45.6 Å². The van der Waals surface area contributed by atoms with Gasteiger partial charge in [-0.05, 0) is 57.6 Å². The molecule has 8 nitrogen and oxygen atoms in total. The van der Waals surface area contributed by atoms with E-state index in [1.54, 1.807) is 23.0 Å². The Balaban J connectivity index is 1.69. The van der Waals surface area contributed by atoms with Crippen molar-refractivity contribution in [1.29, 1.82) is 0 Å². The third-order valence-corrected chi connectivity index (χ3v) is 5.87. The number of aryl methyl sites for hydroxylation is 1. The van der Waals surface area contributed by atoms with Crippen LogP contribution in [0.1, 0.15) is 43.1 Å². The second-order valence-corrected chi connectivity index (χ2v) is 9.92. The summed E-state index contributed by atoms with van der Waals surface area (Å²) in [4.78, 5) is 39.7. The molecule has 0 N–H and O–H groups in total. The molecule has 0 bridgehead atoms. The van der Waals surface area contributed by atoms with E-state index >= 15 is 0 Å². The smallest absolute Gasteiger partial charge is 0.410 e.